The highest BCUT2D eigenvalue weighted by Gasteiger charge is 2.02. The van der Waals surface area contributed by atoms with Crippen LogP contribution in [0.2, 0.25) is 0 Å². The molecule has 0 heterocycles. The second-order valence-electron chi connectivity index (χ2n) is 5.43. The first-order chi connectivity index (χ1) is 9.97. The summed E-state index contributed by atoms with van der Waals surface area (Å²) in [6.07, 6.45) is 14.7. The van der Waals surface area contributed by atoms with E-state index in [0.29, 0.717) is 6.42 Å². The molecule has 0 amide bonds. The summed E-state index contributed by atoms with van der Waals surface area (Å²) in [5.74, 6) is 0. The molecule has 0 bridgehead atoms. The van der Waals surface area contributed by atoms with Crippen LogP contribution in [0, 0.1) is 0 Å². The summed E-state index contributed by atoms with van der Waals surface area (Å²) >= 11 is 0. The highest BCUT2D eigenvalue weighted by molar-refractivity contribution is 7.80. The molecule has 0 saturated carbocycles. The molecular formula is C16H36O4S. The van der Waals surface area contributed by atoms with E-state index >= 15 is 0 Å². The van der Waals surface area contributed by atoms with Crippen molar-refractivity contribution in [1.82, 2.24) is 0 Å². The minimum absolute atomic E-state index is 0.0899. The van der Waals surface area contributed by atoms with Crippen molar-refractivity contribution in [3.8, 4) is 0 Å². The van der Waals surface area contributed by atoms with Gasteiger partial charge in [0.05, 0.1) is 6.61 Å². The number of hydrogen-bond acceptors (Lipinski definition) is 3. The van der Waals surface area contributed by atoms with Crippen molar-refractivity contribution < 1.29 is 17.2 Å². The molecule has 0 saturated heterocycles. The van der Waals surface area contributed by atoms with E-state index in [1.807, 2.05) is 0 Å². The molecule has 5 heteroatoms. The highest BCUT2D eigenvalue weighted by atomic mass is 32.3. The minimum atomic E-state index is -4.23. The Morgan fingerprint density at radius 3 is 1.38 bits per heavy atom. The fourth-order valence-corrected chi connectivity index (χ4v) is 2.23. The molecule has 0 aliphatic carbocycles. The molecule has 130 valence electrons. The quantitative estimate of drug-likeness (QED) is 0.357. The molecule has 4 nitrogen and oxygen atoms in total. The Labute approximate surface area is 132 Å². The van der Waals surface area contributed by atoms with Crippen molar-refractivity contribution in [3.63, 3.8) is 0 Å². The molecule has 0 aromatic heterocycles. The van der Waals surface area contributed by atoms with Crippen molar-refractivity contribution in [2.45, 2.75) is 97.8 Å². The maximum Gasteiger partial charge on any atom is 0.397 e. The molecular weight excluding hydrogens is 288 g/mol. The Morgan fingerprint density at radius 1 is 0.667 bits per heavy atom. The SMILES string of the molecule is CCCCCCC.CCCCCCCCCOS(=O)(=O)O. The minimum Gasteiger partial charge on any atom is -0.264 e. The Hall–Kier alpha value is -0.130. The van der Waals surface area contributed by atoms with E-state index in [-0.39, 0.29) is 6.61 Å². The van der Waals surface area contributed by atoms with Gasteiger partial charge < -0.3 is 0 Å². The van der Waals surface area contributed by atoms with Gasteiger partial charge in [0.1, 0.15) is 0 Å². The van der Waals surface area contributed by atoms with E-state index in [0.717, 1.165) is 12.8 Å². The molecule has 0 rings (SSSR count). The normalized spacial score (nSPS) is 11.0. The average Bonchev–Trinajstić information content (AvgIpc) is 2.42. The fourth-order valence-electron chi connectivity index (χ4n) is 1.90. The first-order valence-electron chi connectivity index (χ1n) is 8.59. The summed E-state index contributed by atoms with van der Waals surface area (Å²) in [6.45, 7) is 6.75. The summed E-state index contributed by atoms with van der Waals surface area (Å²) < 4.78 is 32.7. The van der Waals surface area contributed by atoms with Gasteiger partial charge in [-0.1, -0.05) is 91.4 Å². The molecule has 1 N–H and O–H groups in total. The smallest absolute Gasteiger partial charge is 0.264 e. The van der Waals surface area contributed by atoms with Crippen LogP contribution in [0.5, 0.6) is 0 Å². The van der Waals surface area contributed by atoms with Crippen molar-refractivity contribution in [2.75, 3.05) is 6.61 Å². The zero-order valence-corrected chi connectivity index (χ0v) is 15.1. The van der Waals surface area contributed by atoms with Crippen molar-refractivity contribution in [2.24, 2.45) is 0 Å². The summed E-state index contributed by atoms with van der Waals surface area (Å²) in [6, 6.07) is 0. The van der Waals surface area contributed by atoms with E-state index in [1.165, 1.54) is 57.8 Å². The van der Waals surface area contributed by atoms with Crippen LogP contribution in [0.3, 0.4) is 0 Å². The second-order valence-corrected chi connectivity index (χ2v) is 6.52. The topological polar surface area (TPSA) is 63.6 Å². The van der Waals surface area contributed by atoms with E-state index in [1.54, 1.807) is 0 Å². The average molecular weight is 325 g/mol. The predicted molar refractivity (Wildman–Crippen MR) is 89.9 cm³/mol. The van der Waals surface area contributed by atoms with Crippen LogP contribution in [-0.4, -0.2) is 19.6 Å². The standard InChI is InChI=1S/C9H20O4S.C7H16/c1-2-3-4-5-6-7-8-9-13-14(10,11)12;1-3-5-7-6-4-2/h2-9H2,1H3,(H,10,11,12);3-7H2,1-2H3. The summed E-state index contributed by atoms with van der Waals surface area (Å²) in [7, 11) is -4.23. The summed E-state index contributed by atoms with van der Waals surface area (Å²) in [4.78, 5) is 0. The van der Waals surface area contributed by atoms with Crippen LogP contribution < -0.4 is 0 Å². The van der Waals surface area contributed by atoms with Gasteiger partial charge in [-0.25, -0.2) is 4.18 Å². The number of unbranched alkanes of at least 4 members (excludes halogenated alkanes) is 10. The largest absolute Gasteiger partial charge is 0.397 e. The zero-order valence-electron chi connectivity index (χ0n) is 14.3. The van der Waals surface area contributed by atoms with Crippen LogP contribution in [0.1, 0.15) is 97.8 Å². The van der Waals surface area contributed by atoms with Crippen LogP contribution in [-0.2, 0) is 14.6 Å². The van der Waals surface area contributed by atoms with E-state index < -0.39 is 10.4 Å². The number of hydrogen-bond donors (Lipinski definition) is 1. The molecule has 0 aromatic carbocycles. The lowest BCUT2D eigenvalue weighted by molar-refractivity contribution is 0.261. The molecule has 0 atom stereocenters. The lowest BCUT2D eigenvalue weighted by Crippen LogP contribution is -2.04. The fraction of sp³-hybridized carbons (Fsp3) is 1.00. The van der Waals surface area contributed by atoms with Gasteiger partial charge in [-0.05, 0) is 6.42 Å². The third kappa shape index (κ3) is 28.7. The lowest BCUT2D eigenvalue weighted by atomic mass is 10.1. The van der Waals surface area contributed by atoms with Gasteiger partial charge in [0.2, 0.25) is 0 Å². The van der Waals surface area contributed by atoms with Gasteiger partial charge in [0, 0.05) is 0 Å². The van der Waals surface area contributed by atoms with E-state index in [2.05, 4.69) is 25.0 Å². The molecule has 0 aromatic rings. The van der Waals surface area contributed by atoms with E-state index in [4.69, 9.17) is 4.55 Å². The van der Waals surface area contributed by atoms with Crippen molar-refractivity contribution >= 4 is 10.4 Å². The molecule has 0 spiro atoms. The molecule has 0 fully saturated rings. The monoisotopic (exact) mass is 324 g/mol. The predicted octanol–water partition coefficient (Wildman–Crippen LogP) is 5.53. The third-order valence-corrected chi connectivity index (χ3v) is 3.65. The molecule has 0 aliphatic heterocycles. The van der Waals surface area contributed by atoms with Gasteiger partial charge in [0.25, 0.3) is 0 Å². The molecule has 21 heavy (non-hydrogen) atoms. The Morgan fingerprint density at radius 2 is 1.00 bits per heavy atom. The Kier molecular flexibility index (Phi) is 19.7. The van der Waals surface area contributed by atoms with Gasteiger partial charge in [-0.3, -0.25) is 4.55 Å². The van der Waals surface area contributed by atoms with Crippen LogP contribution in [0.4, 0.5) is 0 Å². The number of rotatable bonds is 13. The van der Waals surface area contributed by atoms with Crippen molar-refractivity contribution in [3.05, 3.63) is 0 Å². The summed E-state index contributed by atoms with van der Waals surface area (Å²) in [5.41, 5.74) is 0. The summed E-state index contributed by atoms with van der Waals surface area (Å²) in [5, 5.41) is 0. The Balaban J connectivity index is 0. The van der Waals surface area contributed by atoms with Crippen LogP contribution in [0.25, 0.3) is 0 Å². The highest BCUT2D eigenvalue weighted by Crippen LogP contribution is 2.07. The molecule has 0 unspecified atom stereocenters. The Bertz CT molecular complexity index is 272. The first-order valence-corrected chi connectivity index (χ1v) is 9.96. The first kappa shape index (κ1) is 23.1. The van der Waals surface area contributed by atoms with Gasteiger partial charge >= 0.3 is 10.4 Å². The van der Waals surface area contributed by atoms with Crippen molar-refractivity contribution in [1.29, 1.82) is 0 Å². The van der Waals surface area contributed by atoms with Gasteiger partial charge in [0.15, 0.2) is 0 Å². The maximum atomic E-state index is 10.1. The molecule has 0 radical (unpaired) electrons. The zero-order chi connectivity index (χ0) is 16.4. The van der Waals surface area contributed by atoms with Crippen LogP contribution in [0.15, 0.2) is 0 Å². The van der Waals surface area contributed by atoms with E-state index in [9.17, 15) is 8.42 Å². The maximum absolute atomic E-state index is 10.1. The van der Waals surface area contributed by atoms with Crippen LogP contribution >= 0.6 is 0 Å². The lowest BCUT2D eigenvalue weighted by Gasteiger charge is -2.00. The van der Waals surface area contributed by atoms with Gasteiger partial charge in [-0.15, -0.1) is 0 Å². The second kappa shape index (κ2) is 17.9. The molecule has 0 aliphatic rings. The van der Waals surface area contributed by atoms with Gasteiger partial charge in [-0.2, -0.15) is 8.42 Å². The third-order valence-electron chi connectivity index (χ3n) is 3.19.